The Kier molecular flexibility index (Phi) is 2.74. The molecule has 17 heavy (non-hydrogen) atoms. The van der Waals surface area contributed by atoms with Gasteiger partial charge in [-0.1, -0.05) is 23.2 Å². The van der Waals surface area contributed by atoms with Crippen molar-refractivity contribution in [2.45, 2.75) is 13.1 Å². The Hall–Kier alpha value is -1.16. The first kappa shape index (κ1) is 11.0. The number of rotatable bonds is 1. The second-order valence-electron chi connectivity index (χ2n) is 3.90. The van der Waals surface area contributed by atoms with E-state index in [9.17, 15) is 0 Å². The molecule has 86 valence electrons. The molecule has 3 nitrogen and oxygen atoms in total. The molecule has 1 aromatic carbocycles. The summed E-state index contributed by atoms with van der Waals surface area (Å²) in [5.74, 6) is 0.686. The number of hydrogen-bond acceptors (Lipinski definition) is 3. The monoisotopic (exact) mass is 265 g/mol. The zero-order chi connectivity index (χ0) is 11.8. The summed E-state index contributed by atoms with van der Waals surface area (Å²) in [6.07, 6.45) is 1.86. The summed E-state index contributed by atoms with van der Waals surface area (Å²) < 4.78 is 0. The van der Waals surface area contributed by atoms with Crippen LogP contribution >= 0.6 is 23.2 Å². The topological polar surface area (TPSA) is 37.8 Å². The van der Waals surface area contributed by atoms with Crippen molar-refractivity contribution < 1.29 is 0 Å². The van der Waals surface area contributed by atoms with E-state index >= 15 is 0 Å². The molecule has 1 aliphatic heterocycles. The highest BCUT2D eigenvalue weighted by atomic mass is 35.5. The highest BCUT2D eigenvalue weighted by Gasteiger charge is 2.13. The van der Waals surface area contributed by atoms with Gasteiger partial charge in [0.2, 0.25) is 0 Å². The molecule has 0 aliphatic carbocycles. The summed E-state index contributed by atoms with van der Waals surface area (Å²) in [6, 6.07) is 5.42. The van der Waals surface area contributed by atoms with E-state index in [2.05, 4.69) is 15.3 Å². The van der Waals surface area contributed by atoms with Crippen molar-refractivity contribution in [3.63, 3.8) is 0 Å². The van der Waals surface area contributed by atoms with Gasteiger partial charge in [-0.2, -0.15) is 0 Å². The number of nitrogens with one attached hydrogen (secondary N) is 1. The summed E-state index contributed by atoms with van der Waals surface area (Å²) in [4.78, 5) is 8.86. The fourth-order valence-corrected chi connectivity index (χ4v) is 2.13. The Bertz CT molecular complexity index is 584. The molecule has 0 radical (unpaired) electrons. The molecule has 1 aliphatic rings. The smallest absolute Gasteiger partial charge is 0.159 e. The zero-order valence-corrected chi connectivity index (χ0v) is 10.4. The van der Waals surface area contributed by atoms with Crippen molar-refractivity contribution in [3.05, 3.63) is 45.7 Å². The van der Waals surface area contributed by atoms with Crippen LogP contribution in [0.4, 0.5) is 0 Å². The maximum absolute atomic E-state index is 5.98. The average molecular weight is 266 g/mol. The van der Waals surface area contributed by atoms with Gasteiger partial charge in [0.15, 0.2) is 5.82 Å². The fourth-order valence-electron chi connectivity index (χ4n) is 1.83. The van der Waals surface area contributed by atoms with Gasteiger partial charge in [0.25, 0.3) is 0 Å². The minimum absolute atomic E-state index is 0.520. The SMILES string of the molecule is Clc1ccc(-c2ncc3c(n2)CNC3)cc1Cl. The predicted molar refractivity (Wildman–Crippen MR) is 68.0 cm³/mol. The van der Waals surface area contributed by atoms with Crippen molar-refractivity contribution in [2.24, 2.45) is 0 Å². The maximum Gasteiger partial charge on any atom is 0.159 e. The average Bonchev–Trinajstić information content (AvgIpc) is 2.79. The molecule has 1 N–H and O–H groups in total. The lowest BCUT2D eigenvalue weighted by Gasteiger charge is -2.04. The van der Waals surface area contributed by atoms with E-state index < -0.39 is 0 Å². The third-order valence-electron chi connectivity index (χ3n) is 2.74. The van der Waals surface area contributed by atoms with E-state index in [0.29, 0.717) is 15.9 Å². The Balaban J connectivity index is 2.06. The van der Waals surface area contributed by atoms with Gasteiger partial charge in [-0.3, -0.25) is 0 Å². The Morgan fingerprint density at radius 2 is 2.00 bits per heavy atom. The molecule has 0 amide bonds. The molecule has 2 heterocycles. The number of aromatic nitrogens is 2. The minimum Gasteiger partial charge on any atom is -0.307 e. The van der Waals surface area contributed by atoms with Gasteiger partial charge in [0.05, 0.1) is 15.7 Å². The van der Waals surface area contributed by atoms with Gasteiger partial charge in [-0.15, -0.1) is 0 Å². The molecule has 0 bridgehead atoms. The van der Waals surface area contributed by atoms with Crippen molar-refractivity contribution in [3.8, 4) is 11.4 Å². The van der Waals surface area contributed by atoms with Gasteiger partial charge in [0, 0.05) is 30.4 Å². The van der Waals surface area contributed by atoms with Crippen LogP contribution < -0.4 is 5.32 Å². The van der Waals surface area contributed by atoms with Crippen LogP contribution in [0.3, 0.4) is 0 Å². The lowest BCUT2D eigenvalue weighted by atomic mass is 10.2. The number of nitrogens with zero attached hydrogens (tertiary/aromatic N) is 2. The molecule has 0 atom stereocenters. The zero-order valence-electron chi connectivity index (χ0n) is 8.87. The van der Waals surface area contributed by atoms with E-state index in [1.54, 1.807) is 12.1 Å². The van der Waals surface area contributed by atoms with Crippen LogP contribution in [0.1, 0.15) is 11.3 Å². The highest BCUT2D eigenvalue weighted by molar-refractivity contribution is 6.42. The molecular formula is C12H9Cl2N3. The normalized spacial score (nSPS) is 13.8. The van der Waals surface area contributed by atoms with Gasteiger partial charge >= 0.3 is 0 Å². The van der Waals surface area contributed by atoms with Gasteiger partial charge in [-0.25, -0.2) is 9.97 Å². The second-order valence-corrected chi connectivity index (χ2v) is 4.71. The summed E-state index contributed by atoms with van der Waals surface area (Å²) in [5.41, 5.74) is 3.10. The molecule has 0 spiro atoms. The van der Waals surface area contributed by atoms with Crippen LogP contribution in [-0.4, -0.2) is 9.97 Å². The van der Waals surface area contributed by atoms with Crippen LogP contribution in [0, 0.1) is 0 Å². The van der Waals surface area contributed by atoms with Gasteiger partial charge in [0.1, 0.15) is 0 Å². The molecule has 0 saturated heterocycles. The van der Waals surface area contributed by atoms with Gasteiger partial charge < -0.3 is 5.32 Å². The Morgan fingerprint density at radius 3 is 2.82 bits per heavy atom. The molecule has 0 saturated carbocycles. The predicted octanol–water partition coefficient (Wildman–Crippen LogP) is 3.05. The highest BCUT2D eigenvalue weighted by Crippen LogP contribution is 2.27. The van der Waals surface area contributed by atoms with Crippen molar-refractivity contribution in [2.75, 3.05) is 0 Å². The van der Waals surface area contributed by atoms with Crippen LogP contribution in [0.25, 0.3) is 11.4 Å². The van der Waals surface area contributed by atoms with E-state index in [1.165, 1.54) is 0 Å². The first-order chi connectivity index (χ1) is 8.24. The van der Waals surface area contributed by atoms with Crippen LogP contribution in [0.5, 0.6) is 0 Å². The Labute approximate surface area is 109 Å². The van der Waals surface area contributed by atoms with E-state index in [0.717, 1.165) is 29.9 Å². The lowest BCUT2D eigenvalue weighted by Crippen LogP contribution is -2.00. The maximum atomic E-state index is 5.98. The molecule has 3 rings (SSSR count). The number of benzene rings is 1. The van der Waals surface area contributed by atoms with E-state index in [1.807, 2.05) is 12.3 Å². The largest absolute Gasteiger partial charge is 0.307 e. The molecule has 0 fully saturated rings. The third kappa shape index (κ3) is 2.02. The second kappa shape index (κ2) is 4.26. The van der Waals surface area contributed by atoms with Gasteiger partial charge in [-0.05, 0) is 18.2 Å². The van der Waals surface area contributed by atoms with E-state index in [4.69, 9.17) is 23.2 Å². The summed E-state index contributed by atoms with van der Waals surface area (Å²) in [5, 5.41) is 4.30. The summed E-state index contributed by atoms with van der Waals surface area (Å²) in [7, 11) is 0. The molecular weight excluding hydrogens is 257 g/mol. The minimum atomic E-state index is 0.520. The first-order valence-corrected chi connectivity index (χ1v) is 6.00. The Morgan fingerprint density at radius 1 is 1.12 bits per heavy atom. The summed E-state index contributed by atoms with van der Waals surface area (Å²) >= 11 is 11.9. The van der Waals surface area contributed by atoms with Crippen LogP contribution in [0.15, 0.2) is 24.4 Å². The van der Waals surface area contributed by atoms with Crippen LogP contribution in [-0.2, 0) is 13.1 Å². The number of halogens is 2. The van der Waals surface area contributed by atoms with Crippen molar-refractivity contribution >= 4 is 23.2 Å². The third-order valence-corrected chi connectivity index (χ3v) is 3.48. The molecule has 2 aromatic rings. The summed E-state index contributed by atoms with van der Waals surface area (Å²) in [6.45, 7) is 1.64. The first-order valence-electron chi connectivity index (χ1n) is 5.25. The standard InChI is InChI=1S/C12H9Cl2N3/c13-9-2-1-7(3-10(9)14)12-16-5-8-4-15-6-11(8)17-12/h1-3,5,15H,4,6H2. The quantitative estimate of drug-likeness (QED) is 0.862. The van der Waals surface area contributed by atoms with E-state index in [-0.39, 0.29) is 0 Å². The molecule has 5 heteroatoms. The lowest BCUT2D eigenvalue weighted by molar-refractivity contribution is 0.758. The molecule has 0 unspecified atom stereocenters. The number of fused-ring (bicyclic) bond motifs is 1. The van der Waals surface area contributed by atoms with Crippen molar-refractivity contribution in [1.29, 1.82) is 0 Å². The van der Waals surface area contributed by atoms with Crippen molar-refractivity contribution in [1.82, 2.24) is 15.3 Å². The van der Waals surface area contributed by atoms with Crippen LogP contribution in [0.2, 0.25) is 10.0 Å². The fraction of sp³-hybridized carbons (Fsp3) is 0.167. The molecule has 1 aromatic heterocycles. The number of hydrogen-bond donors (Lipinski definition) is 1.